The molecule has 0 saturated carbocycles. The summed E-state index contributed by atoms with van der Waals surface area (Å²) in [4.78, 5) is 17.5. The molecule has 0 aromatic carbocycles. The molecule has 1 aromatic heterocycles. The molecule has 1 saturated heterocycles. The molecular formula is C10H14ClN5O. The first-order valence-electron chi connectivity index (χ1n) is 5.30. The van der Waals surface area contributed by atoms with Crippen molar-refractivity contribution in [3.63, 3.8) is 0 Å². The molecule has 0 aliphatic carbocycles. The zero-order valence-corrected chi connectivity index (χ0v) is 10.00. The predicted molar refractivity (Wildman–Crippen MR) is 65.3 cm³/mol. The number of hydrogen-bond donors (Lipinski definition) is 3. The van der Waals surface area contributed by atoms with Crippen molar-refractivity contribution in [2.24, 2.45) is 5.84 Å². The Kier molecular flexibility index (Phi) is 3.78. The van der Waals surface area contributed by atoms with Gasteiger partial charge in [-0.2, -0.15) is 0 Å². The molecule has 0 bridgehead atoms. The van der Waals surface area contributed by atoms with Gasteiger partial charge in [0.2, 0.25) is 5.91 Å². The Morgan fingerprint density at radius 1 is 1.59 bits per heavy atom. The predicted octanol–water partition coefficient (Wildman–Crippen LogP) is -0.0476. The molecule has 6 nitrogen and oxygen atoms in total. The van der Waals surface area contributed by atoms with Gasteiger partial charge in [0.1, 0.15) is 5.82 Å². The Hall–Kier alpha value is -1.37. The highest BCUT2D eigenvalue weighted by Gasteiger charge is 2.17. The van der Waals surface area contributed by atoms with Crippen LogP contribution in [-0.2, 0) is 11.3 Å². The number of carbonyl (C=O) groups excluding carboxylic acids is 1. The summed E-state index contributed by atoms with van der Waals surface area (Å²) in [5, 5.41) is 3.35. The average Bonchev–Trinajstić information content (AvgIpc) is 2.32. The van der Waals surface area contributed by atoms with Gasteiger partial charge in [-0.05, 0) is 12.1 Å². The maximum atomic E-state index is 11.2. The van der Waals surface area contributed by atoms with Crippen LogP contribution in [0.1, 0.15) is 5.69 Å². The number of nitrogens with two attached hydrogens (primary N) is 1. The molecule has 0 radical (unpaired) electrons. The number of piperazine rings is 1. The first kappa shape index (κ1) is 12.1. The highest BCUT2D eigenvalue weighted by Crippen LogP contribution is 2.18. The van der Waals surface area contributed by atoms with Gasteiger partial charge in [-0.1, -0.05) is 11.6 Å². The van der Waals surface area contributed by atoms with E-state index in [4.69, 9.17) is 17.4 Å². The van der Waals surface area contributed by atoms with E-state index in [2.05, 4.69) is 15.7 Å². The smallest absolute Gasteiger partial charge is 0.234 e. The zero-order valence-electron chi connectivity index (χ0n) is 9.24. The zero-order chi connectivity index (χ0) is 12.3. The number of anilines is 1. The van der Waals surface area contributed by atoms with Gasteiger partial charge < -0.3 is 10.7 Å². The number of hydrogen-bond acceptors (Lipinski definition) is 5. The van der Waals surface area contributed by atoms with E-state index in [-0.39, 0.29) is 5.91 Å². The molecule has 2 rings (SSSR count). The van der Waals surface area contributed by atoms with Crippen molar-refractivity contribution >= 4 is 23.3 Å². The number of amides is 1. The molecule has 1 fully saturated rings. The number of nitrogens with one attached hydrogen (secondary N) is 2. The van der Waals surface area contributed by atoms with Crippen molar-refractivity contribution < 1.29 is 4.79 Å². The van der Waals surface area contributed by atoms with Crippen LogP contribution in [0.15, 0.2) is 12.1 Å². The van der Waals surface area contributed by atoms with E-state index in [1.54, 1.807) is 12.1 Å². The third-order valence-corrected chi connectivity index (χ3v) is 2.90. The lowest BCUT2D eigenvalue weighted by Crippen LogP contribution is -2.47. The first-order valence-corrected chi connectivity index (χ1v) is 5.68. The number of nitrogen functional groups attached to an aromatic ring is 1. The number of hydrazine groups is 1. The van der Waals surface area contributed by atoms with Gasteiger partial charge in [-0.25, -0.2) is 10.8 Å². The van der Waals surface area contributed by atoms with Crippen molar-refractivity contribution in [3.8, 4) is 0 Å². The van der Waals surface area contributed by atoms with Crippen LogP contribution in [0, 0.1) is 0 Å². The Bertz CT molecular complexity index is 425. The van der Waals surface area contributed by atoms with E-state index in [9.17, 15) is 4.79 Å². The summed E-state index contributed by atoms with van der Waals surface area (Å²) in [7, 11) is 0. The summed E-state index contributed by atoms with van der Waals surface area (Å²) in [6, 6.07) is 3.44. The molecule has 1 aromatic rings. The second-order valence-electron chi connectivity index (χ2n) is 3.83. The third-order valence-electron chi connectivity index (χ3n) is 2.56. The minimum atomic E-state index is 0.0282. The van der Waals surface area contributed by atoms with Crippen LogP contribution < -0.4 is 16.6 Å². The molecule has 1 aliphatic heterocycles. The maximum absolute atomic E-state index is 11.2. The van der Waals surface area contributed by atoms with Crippen molar-refractivity contribution in [1.29, 1.82) is 0 Å². The maximum Gasteiger partial charge on any atom is 0.234 e. The lowest BCUT2D eigenvalue weighted by molar-refractivity contribution is -0.124. The fourth-order valence-electron chi connectivity index (χ4n) is 1.71. The second-order valence-corrected chi connectivity index (χ2v) is 4.24. The van der Waals surface area contributed by atoms with E-state index in [0.29, 0.717) is 30.5 Å². The van der Waals surface area contributed by atoms with Crippen LogP contribution in [0.2, 0.25) is 5.02 Å². The number of rotatable bonds is 3. The Morgan fingerprint density at radius 3 is 3.12 bits per heavy atom. The van der Waals surface area contributed by atoms with Gasteiger partial charge in [0, 0.05) is 19.6 Å². The summed E-state index contributed by atoms with van der Waals surface area (Å²) < 4.78 is 0. The van der Waals surface area contributed by atoms with Crippen LogP contribution in [0.5, 0.6) is 0 Å². The van der Waals surface area contributed by atoms with Gasteiger partial charge in [-0.15, -0.1) is 0 Å². The van der Waals surface area contributed by atoms with E-state index in [1.165, 1.54) is 0 Å². The Labute approximate surface area is 104 Å². The van der Waals surface area contributed by atoms with Crippen molar-refractivity contribution in [1.82, 2.24) is 15.2 Å². The van der Waals surface area contributed by atoms with Crippen molar-refractivity contribution in [2.45, 2.75) is 6.54 Å². The highest BCUT2D eigenvalue weighted by molar-refractivity contribution is 6.31. The summed E-state index contributed by atoms with van der Waals surface area (Å²) in [5.74, 6) is 5.88. The van der Waals surface area contributed by atoms with Crippen LogP contribution >= 0.6 is 11.6 Å². The normalized spacial score (nSPS) is 16.7. The van der Waals surface area contributed by atoms with Gasteiger partial charge >= 0.3 is 0 Å². The van der Waals surface area contributed by atoms with Gasteiger partial charge in [0.25, 0.3) is 0 Å². The monoisotopic (exact) mass is 255 g/mol. The average molecular weight is 256 g/mol. The molecule has 1 amide bonds. The lowest BCUT2D eigenvalue weighted by Gasteiger charge is -2.26. The first-order chi connectivity index (χ1) is 8.19. The minimum Gasteiger partial charge on any atom is -0.354 e. The summed E-state index contributed by atoms with van der Waals surface area (Å²) >= 11 is 6.05. The third kappa shape index (κ3) is 3.06. The van der Waals surface area contributed by atoms with Gasteiger partial charge in [-0.3, -0.25) is 9.69 Å². The number of aromatic nitrogens is 1. The van der Waals surface area contributed by atoms with Crippen LogP contribution in [0.4, 0.5) is 5.82 Å². The molecule has 0 unspecified atom stereocenters. The summed E-state index contributed by atoms with van der Waals surface area (Å²) in [5.41, 5.74) is 3.19. The van der Waals surface area contributed by atoms with Crippen LogP contribution in [-0.4, -0.2) is 35.4 Å². The molecular weight excluding hydrogens is 242 g/mol. The quantitative estimate of drug-likeness (QED) is 0.521. The number of pyridine rings is 1. The SMILES string of the molecule is NNc1ccc(Cl)c(CN2CCNC(=O)C2)n1. The molecule has 2 heterocycles. The summed E-state index contributed by atoms with van der Waals surface area (Å²) in [6.45, 7) is 2.37. The van der Waals surface area contributed by atoms with Crippen LogP contribution in [0.3, 0.4) is 0 Å². The molecule has 4 N–H and O–H groups in total. The molecule has 0 spiro atoms. The molecule has 0 atom stereocenters. The van der Waals surface area contributed by atoms with E-state index >= 15 is 0 Å². The topological polar surface area (TPSA) is 83.3 Å². The number of nitrogens with zero attached hydrogens (tertiary/aromatic N) is 2. The molecule has 7 heteroatoms. The number of carbonyl (C=O) groups is 1. The molecule has 17 heavy (non-hydrogen) atoms. The second kappa shape index (κ2) is 5.31. The van der Waals surface area contributed by atoms with Crippen molar-refractivity contribution in [2.75, 3.05) is 25.1 Å². The minimum absolute atomic E-state index is 0.0282. The van der Waals surface area contributed by atoms with Gasteiger partial charge in [0.05, 0.1) is 17.3 Å². The van der Waals surface area contributed by atoms with E-state index in [1.807, 2.05) is 4.90 Å². The lowest BCUT2D eigenvalue weighted by atomic mass is 10.3. The number of halogens is 1. The molecule has 1 aliphatic rings. The largest absolute Gasteiger partial charge is 0.354 e. The molecule has 92 valence electrons. The fraction of sp³-hybridized carbons (Fsp3) is 0.400. The van der Waals surface area contributed by atoms with E-state index < -0.39 is 0 Å². The Balaban J connectivity index is 2.09. The Morgan fingerprint density at radius 2 is 2.41 bits per heavy atom. The van der Waals surface area contributed by atoms with Gasteiger partial charge in [0.15, 0.2) is 0 Å². The highest BCUT2D eigenvalue weighted by atomic mass is 35.5. The fourth-order valence-corrected chi connectivity index (χ4v) is 1.88. The van der Waals surface area contributed by atoms with Crippen molar-refractivity contribution in [3.05, 3.63) is 22.8 Å². The van der Waals surface area contributed by atoms with E-state index in [0.717, 1.165) is 12.2 Å². The summed E-state index contributed by atoms with van der Waals surface area (Å²) in [6.07, 6.45) is 0. The van der Waals surface area contributed by atoms with Crippen LogP contribution in [0.25, 0.3) is 0 Å². The standard InChI is InChI=1S/C10H14ClN5O/c11-7-1-2-9(15-12)14-8(7)5-16-4-3-13-10(17)6-16/h1-2H,3-6,12H2,(H,13,17)(H,14,15).